The Labute approximate surface area is 145 Å². The standard InChI is InChI=1S/C19H19N5O/c1-2-4-13(5-3-1)18-17(16-12-25-11-10-24(16)23-18)15-8-9-20-19(22-15)21-14-6-7-14/h1-5,8-9,14H,6-7,10-12H2,(H,20,21,22). The summed E-state index contributed by atoms with van der Waals surface area (Å²) in [5, 5.41) is 8.23. The van der Waals surface area contributed by atoms with Gasteiger partial charge in [0.25, 0.3) is 0 Å². The van der Waals surface area contributed by atoms with Crippen LogP contribution in [0.25, 0.3) is 22.5 Å². The van der Waals surface area contributed by atoms with Gasteiger partial charge in [0.1, 0.15) is 5.69 Å². The zero-order valence-electron chi connectivity index (χ0n) is 13.9. The van der Waals surface area contributed by atoms with Crippen LogP contribution >= 0.6 is 0 Å². The summed E-state index contributed by atoms with van der Waals surface area (Å²) in [6, 6.07) is 12.7. The summed E-state index contributed by atoms with van der Waals surface area (Å²) >= 11 is 0. The van der Waals surface area contributed by atoms with E-state index >= 15 is 0 Å². The van der Waals surface area contributed by atoms with E-state index in [0.29, 0.717) is 25.2 Å². The van der Waals surface area contributed by atoms with Gasteiger partial charge in [-0.3, -0.25) is 4.68 Å². The number of ether oxygens (including phenoxy) is 1. The van der Waals surface area contributed by atoms with E-state index in [0.717, 1.165) is 34.8 Å². The van der Waals surface area contributed by atoms with Gasteiger partial charge >= 0.3 is 0 Å². The van der Waals surface area contributed by atoms with Crippen molar-refractivity contribution < 1.29 is 4.74 Å². The number of fused-ring (bicyclic) bond motifs is 1. The molecule has 5 rings (SSSR count). The number of nitrogens with zero attached hydrogens (tertiary/aromatic N) is 4. The van der Waals surface area contributed by atoms with Gasteiger partial charge in [0, 0.05) is 17.8 Å². The van der Waals surface area contributed by atoms with E-state index in [1.165, 1.54) is 12.8 Å². The Morgan fingerprint density at radius 2 is 2.00 bits per heavy atom. The fourth-order valence-electron chi connectivity index (χ4n) is 3.19. The van der Waals surface area contributed by atoms with Crippen molar-refractivity contribution in [1.29, 1.82) is 0 Å². The number of anilines is 1. The van der Waals surface area contributed by atoms with Crippen LogP contribution in [-0.4, -0.2) is 32.4 Å². The Kier molecular flexibility index (Phi) is 3.48. The number of hydrogen-bond acceptors (Lipinski definition) is 5. The summed E-state index contributed by atoms with van der Waals surface area (Å²) < 4.78 is 7.75. The minimum absolute atomic E-state index is 0.522. The second-order valence-electron chi connectivity index (χ2n) is 6.50. The number of aromatic nitrogens is 4. The van der Waals surface area contributed by atoms with Crippen LogP contribution in [0.3, 0.4) is 0 Å². The highest BCUT2D eigenvalue weighted by atomic mass is 16.5. The summed E-state index contributed by atoms with van der Waals surface area (Å²) in [5.41, 5.74) is 5.07. The van der Waals surface area contributed by atoms with Crippen LogP contribution in [-0.2, 0) is 17.9 Å². The maximum Gasteiger partial charge on any atom is 0.223 e. The molecule has 1 aliphatic heterocycles. The van der Waals surface area contributed by atoms with Gasteiger partial charge in [0.15, 0.2) is 0 Å². The summed E-state index contributed by atoms with van der Waals surface area (Å²) in [6.45, 7) is 2.03. The van der Waals surface area contributed by atoms with E-state index < -0.39 is 0 Å². The first-order valence-corrected chi connectivity index (χ1v) is 8.71. The molecule has 126 valence electrons. The van der Waals surface area contributed by atoms with Gasteiger partial charge in [-0.05, 0) is 18.9 Å². The van der Waals surface area contributed by atoms with Crippen LogP contribution in [0.5, 0.6) is 0 Å². The highest BCUT2D eigenvalue weighted by molar-refractivity contribution is 5.81. The van der Waals surface area contributed by atoms with Gasteiger partial charge in [-0.1, -0.05) is 30.3 Å². The molecule has 2 aromatic heterocycles. The molecule has 1 fully saturated rings. The lowest BCUT2D eigenvalue weighted by Crippen LogP contribution is -2.17. The topological polar surface area (TPSA) is 64.9 Å². The molecule has 1 aliphatic carbocycles. The molecular formula is C19H19N5O. The van der Waals surface area contributed by atoms with Crippen molar-refractivity contribution in [2.75, 3.05) is 11.9 Å². The summed E-state index contributed by atoms with van der Waals surface area (Å²) in [5.74, 6) is 0.690. The van der Waals surface area contributed by atoms with Gasteiger partial charge in [0.05, 0.1) is 36.7 Å². The lowest BCUT2D eigenvalue weighted by Gasteiger charge is -2.15. The van der Waals surface area contributed by atoms with Crippen molar-refractivity contribution in [3.63, 3.8) is 0 Å². The molecule has 1 saturated carbocycles. The molecule has 6 nitrogen and oxygen atoms in total. The molecule has 0 amide bonds. The molecule has 0 bridgehead atoms. The molecule has 3 aromatic rings. The average molecular weight is 333 g/mol. The lowest BCUT2D eigenvalue weighted by atomic mass is 10.0. The zero-order chi connectivity index (χ0) is 16.6. The van der Waals surface area contributed by atoms with E-state index in [-0.39, 0.29) is 0 Å². The van der Waals surface area contributed by atoms with Gasteiger partial charge in [-0.2, -0.15) is 5.10 Å². The monoisotopic (exact) mass is 333 g/mol. The number of hydrogen-bond donors (Lipinski definition) is 1. The van der Waals surface area contributed by atoms with Crippen LogP contribution in [0, 0.1) is 0 Å². The SMILES string of the molecule is c1ccc(-c2nn3c(c2-c2ccnc(NC4CC4)n2)COCC3)cc1. The first-order valence-electron chi connectivity index (χ1n) is 8.71. The number of rotatable bonds is 4. The molecule has 6 heteroatoms. The number of benzene rings is 1. The molecule has 1 aromatic carbocycles. The molecule has 0 unspecified atom stereocenters. The van der Waals surface area contributed by atoms with Crippen LogP contribution in [0.1, 0.15) is 18.5 Å². The predicted octanol–water partition coefficient (Wildman–Crippen LogP) is 3.11. The Morgan fingerprint density at radius 1 is 1.12 bits per heavy atom. The average Bonchev–Trinajstić information content (AvgIpc) is 3.39. The maximum atomic E-state index is 5.69. The fraction of sp³-hybridized carbons (Fsp3) is 0.316. The van der Waals surface area contributed by atoms with Crippen LogP contribution in [0.15, 0.2) is 42.6 Å². The van der Waals surface area contributed by atoms with Crippen molar-refractivity contribution in [3.05, 3.63) is 48.3 Å². The van der Waals surface area contributed by atoms with Gasteiger partial charge < -0.3 is 10.1 Å². The van der Waals surface area contributed by atoms with Gasteiger partial charge in [0.2, 0.25) is 5.95 Å². The molecular weight excluding hydrogens is 314 g/mol. The molecule has 2 aliphatic rings. The molecule has 25 heavy (non-hydrogen) atoms. The van der Waals surface area contributed by atoms with Crippen molar-refractivity contribution in [2.24, 2.45) is 0 Å². The fourth-order valence-corrected chi connectivity index (χ4v) is 3.19. The molecule has 1 N–H and O–H groups in total. The molecule has 0 atom stereocenters. The van der Waals surface area contributed by atoms with Crippen LogP contribution in [0.2, 0.25) is 0 Å². The molecule has 0 radical (unpaired) electrons. The van der Waals surface area contributed by atoms with E-state index in [2.05, 4.69) is 27.1 Å². The summed E-state index contributed by atoms with van der Waals surface area (Å²) in [4.78, 5) is 9.12. The quantitative estimate of drug-likeness (QED) is 0.795. The Balaban J connectivity index is 1.65. The third kappa shape index (κ3) is 2.78. The Bertz CT molecular complexity index is 901. The maximum absolute atomic E-state index is 5.69. The Morgan fingerprint density at radius 3 is 2.84 bits per heavy atom. The van der Waals surface area contributed by atoms with E-state index in [1.54, 1.807) is 0 Å². The van der Waals surface area contributed by atoms with Crippen LogP contribution < -0.4 is 5.32 Å². The first kappa shape index (κ1) is 14.6. The zero-order valence-corrected chi connectivity index (χ0v) is 13.9. The summed E-state index contributed by atoms with van der Waals surface area (Å²) in [7, 11) is 0. The van der Waals surface area contributed by atoms with Crippen molar-refractivity contribution in [1.82, 2.24) is 19.7 Å². The smallest absolute Gasteiger partial charge is 0.223 e. The second-order valence-corrected chi connectivity index (χ2v) is 6.50. The van der Waals surface area contributed by atoms with Crippen molar-refractivity contribution in [3.8, 4) is 22.5 Å². The van der Waals surface area contributed by atoms with E-state index in [9.17, 15) is 0 Å². The molecule has 0 spiro atoms. The first-order chi connectivity index (χ1) is 12.4. The normalized spacial score (nSPS) is 16.5. The molecule has 0 saturated heterocycles. The highest BCUT2D eigenvalue weighted by Gasteiger charge is 2.25. The lowest BCUT2D eigenvalue weighted by molar-refractivity contribution is 0.0804. The number of nitrogens with one attached hydrogen (secondary N) is 1. The van der Waals surface area contributed by atoms with E-state index in [1.807, 2.05) is 30.5 Å². The van der Waals surface area contributed by atoms with Crippen LogP contribution in [0.4, 0.5) is 5.95 Å². The highest BCUT2D eigenvalue weighted by Crippen LogP contribution is 2.35. The minimum Gasteiger partial charge on any atom is -0.373 e. The van der Waals surface area contributed by atoms with Gasteiger partial charge in [-0.15, -0.1) is 0 Å². The Hall–Kier alpha value is -2.73. The third-order valence-corrected chi connectivity index (χ3v) is 4.61. The second kappa shape index (κ2) is 5.97. The van der Waals surface area contributed by atoms with Gasteiger partial charge in [-0.25, -0.2) is 9.97 Å². The molecule has 3 heterocycles. The van der Waals surface area contributed by atoms with Crippen molar-refractivity contribution >= 4 is 5.95 Å². The third-order valence-electron chi connectivity index (χ3n) is 4.61. The predicted molar refractivity (Wildman–Crippen MR) is 95.0 cm³/mol. The van der Waals surface area contributed by atoms with E-state index in [4.69, 9.17) is 14.8 Å². The summed E-state index contributed by atoms with van der Waals surface area (Å²) in [6.07, 6.45) is 4.20. The minimum atomic E-state index is 0.522. The van der Waals surface area contributed by atoms with Crippen molar-refractivity contribution in [2.45, 2.75) is 32.0 Å². The largest absolute Gasteiger partial charge is 0.373 e.